The van der Waals surface area contributed by atoms with Gasteiger partial charge in [0.2, 0.25) is 5.91 Å². The van der Waals surface area contributed by atoms with E-state index in [9.17, 15) is 4.79 Å². The van der Waals surface area contributed by atoms with Crippen LogP contribution in [0.3, 0.4) is 0 Å². The van der Waals surface area contributed by atoms with Crippen molar-refractivity contribution in [3.05, 3.63) is 22.7 Å². The van der Waals surface area contributed by atoms with Gasteiger partial charge in [0.1, 0.15) is 5.75 Å². The average molecular weight is 315 g/mol. The number of ether oxygens (including phenoxy) is 1. The minimum Gasteiger partial charge on any atom is -0.497 e. The summed E-state index contributed by atoms with van der Waals surface area (Å²) in [5.41, 5.74) is 6.31. The van der Waals surface area contributed by atoms with Crippen LogP contribution < -0.4 is 15.8 Å². The van der Waals surface area contributed by atoms with Crippen LogP contribution in [0.15, 0.2) is 22.7 Å². The maximum atomic E-state index is 11.8. The molecule has 4 nitrogen and oxygen atoms in total. The number of methoxy groups -OCH3 is 1. The summed E-state index contributed by atoms with van der Waals surface area (Å²) in [6.45, 7) is 2.57. The molecular formula is C13H19BrN2O2. The Morgan fingerprint density at radius 2 is 2.22 bits per heavy atom. The first-order chi connectivity index (χ1) is 8.58. The zero-order chi connectivity index (χ0) is 13.5. The topological polar surface area (TPSA) is 64.4 Å². The molecule has 100 valence electrons. The molecule has 0 radical (unpaired) electrons. The Kier molecular flexibility index (Phi) is 6.15. The third-order valence-electron chi connectivity index (χ3n) is 2.78. The van der Waals surface area contributed by atoms with Crippen LogP contribution in [-0.4, -0.2) is 19.6 Å². The Labute approximate surface area is 116 Å². The standard InChI is InChI=1S/C13H19BrN2O2/c1-3-9(8-15)4-13(17)16-11-5-10(14)6-12(7-11)18-2/h5-7,9H,3-4,8,15H2,1-2H3,(H,16,17). The molecule has 1 aromatic carbocycles. The SMILES string of the molecule is CCC(CN)CC(=O)Nc1cc(Br)cc(OC)c1. The Morgan fingerprint density at radius 3 is 2.78 bits per heavy atom. The van der Waals surface area contributed by atoms with E-state index in [1.54, 1.807) is 13.2 Å². The summed E-state index contributed by atoms with van der Waals surface area (Å²) in [6.07, 6.45) is 1.35. The molecule has 0 saturated heterocycles. The zero-order valence-corrected chi connectivity index (χ0v) is 12.3. The van der Waals surface area contributed by atoms with Gasteiger partial charge >= 0.3 is 0 Å². The minimum absolute atomic E-state index is 0.0209. The molecule has 0 aliphatic heterocycles. The quantitative estimate of drug-likeness (QED) is 0.848. The summed E-state index contributed by atoms with van der Waals surface area (Å²) < 4.78 is 6.00. The second-order valence-corrected chi connectivity index (χ2v) is 5.06. The van der Waals surface area contributed by atoms with Gasteiger partial charge in [-0.05, 0) is 24.6 Å². The van der Waals surface area contributed by atoms with Crippen LogP contribution in [0.4, 0.5) is 5.69 Å². The number of benzene rings is 1. The molecule has 0 fully saturated rings. The third kappa shape index (κ3) is 4.66. The van der Waals surface area contributed by atoms with Crippen LogP contribution in [0.5, 0.6) is 5.75 Å². The number of carbonyl (C=O) groups is 1. The smallest absolute Gasteiger partial charge is 0.224 e. The van der Waals surface area contributed by atoms with Crippen LogP contribution in [0.25, 0.3) is 0 Å². The highest BCUT2D eigenvalue weighted by molar-refractivity contribution is 9.10. The highest BCUT2D eigenvalue weighted by Crippen LogP contribution is 2.24. The van der Waals surface area contributed by atoms with Crippen molar-refractivity contribution < 1.29 is 9.53 Å². The fraction of sp³-hybridized carbons (Fsp3) is 0.462. The zero-order valence-electron chi connectivity index (χ0n) is 10.7. The number of halogens is 1. The van der Waals surface area contributed by atoms with E-state index in [-0.39, 0.29) is 11.8 Å². The number of carbonyl (C=O) groups excluding carboxylic acids is 1. The van der Waals surface area contributed by atoms with E-state index in [0.717, 1.165) is 16.6 Å². The summed E-state index contributed by atoms with van der Waals surface area (Å²) >= 11 is 3.37. The summed E-state index contributed by atoms with van der Waals surface area (Å²) in [5, 5.41) is 2.85. The van der Waals surface area contributed by atoms with Gasteiger partial charge in [-0.1, -0.05) is 29.3 Å². The van der Waals surface area contributed by atoms with Crippen molar-refractivity contribution >= 4 is 27.5 Å². The van der Waals surface area contributed by atoms with Crippen LogP contribution in [0.1, 0.15) is 19.8 Å². The van der Waals surface area contributed by atoms with Gasteiger partial charge in [0.15, 0.2) is 0 Å². The minimum atomic E-state index is -0.0209. The number of amides is 1. The molecule has 1 amide bonds. The van der Waals surface area contributed by atoms with E-state index in [1.807, 2.05) is 19.1 Å². The second kappa shape index (κ2) is 7.38. The van der Waals surface area contributed by atoms with Crippen molar-refractivity contribution in [1.82, 2.24) is 0 Å². The molecule has 5 heteroatoms. The molecule has 0 aliphatic rings. The molecule has 1 atom stereocenters. The summed E-state index contributed by atoms with van der Waals surface area (Å²) in [4.78, 5) is 11.8. The first-order valence-corrected chi connectivity index (χ1v) is 6.72. The molecule has 0 heterocycles. The van der Waals surface area contributed by atoms with E-state index in [2.05, 4.69) is 21.2 Å². The van der Waals surface area contributed by atoms with Gasteiger partial charge < -0.3 is 15.8 Å². The summed E-state index contributed by atoms with van der Waals surface area (Å²) in [7, 11) is 1.59. The van der Waals surface area contributed by atoms with E-state index in [0.29, 0.717) is 18.7 Å². The number of nitrogens with one attached hydrogen (secondary N) is 1. The highest BCUT2D eigenvalue weighted by Gasteiger charge is 2.11. The van der Waals surface area contributed by atoms with Gasteiger partial charge in [0.25, 0.3) is 0 Å². The van der Waals surface area contributed by atoms with Crippen LogP contribution >= 0.6 is 15.9 Å². The number of hydrogen-bond donors (Lipinski definition) is 2. The van der Waals surface area contributed by atoms with Crippen LogP contribution in [0, 0.1) is 5.92 Å². The molecule has 0 saturated carbocycles. The number of hydrogen-bond acceptors (Lipinski definition) is 3. The second-order valence-electron chi connectivity index (χ2n) is 4.14. The van der Waals surface area contributed by atoms with Crippen LogP contribution in [-0.2, 0) is 4.79 Å². The predicted molar refractivity (Wildman–Crippen MR) is 76.8 cm³/mol. The fourth-order valence-electron chi connectivity index (χ4n) is 1.62. The maximum Gasteiger partial charge on any atom is 0.224 e. The molecule has 1 unspecified atom stereocenters. The van der Waals surface area contributed by atoms with E-state index in [1.165, 1.54) is 0 Å². The number of rotatable bonds is 6. The molecule has 3 N–H and O–H groups in total. The first kappa shape index (κ1) is 15.0. The lowest BCUT2D eigenvalue weighted by atomic mass is 10.0. The lowest BCUT2D eigenvalue weighted by Crippen LogP contribution is -2.21. The van der Waals surface area contributed by atoms with Gasteiger partial charge in [-0.15, -0.1) is 0 Å². The number of nitrogens with two attached hydrogens (primary N) is 1. The maximum absolute atomic E-state index is 11.8. The molecule has 0 spiro atoms. The molecule has 0 aliphatic carbocycles. The predicted octanol–water partition coefficient (Wildman–Crippen LogP) is 2.77. The van der Waals surface area contributed by atoms with Gasteiger partial charge in [0.05, 0.1) is 7.11 Å². The van der Waals surface area contributed by atoms with E-state index in [4.69, 9.17) is 10.5 Å². The molecule has 1 rings (SSSR count). The number of anilines is 1. The molecule has 0 aromatic heterocycles. The van der Waals surface area contributed by atoms with Gasteiger partial charge in [-0.2, -0.15) is 0 Å². The Bertz CT molecular complexity index is 406. The average Bonchev–Trinajstić information content (AvgIpc) is 2.35. The Morgan fingerprint density at radius 1 is 1.50 bits per heavy atom. The lowest BCUT2D eigenvalue weighted by molar-refractivity contribution is -0.117. The van der Waals surface area contributed by atoms with Crippen molar-refractivity contribution in [3.8, 4) is 5.75 Å². The monoisotopic (exact) mass is 314 g/mol. The first-order valence-electron chi connectivity index (χ1n) is 5.93. The van der Waals surface area contributed by atoms with Crippen molar-refractivity contribution in [2.24, 2.45) is 11.7 Å². The molecule has 0 bridgehead atoms. The van der Waals surface area contributed by atoms with Crippen molar-refractivity contribution in [1.29, 1.82) is 0 Å². The van der Waals surface area contributed by atoms with E-state index < -0.39 is 0 Å². The lowest BCUT2D eigenvalue weighted by Gasteiger charge is -2.12. The summed E-state index contributed by atoms with van der Waals surface area (Å²) in [6, 6.07) is 5.46. The summed E-state index contributed by atoms with van der Waals surface area (Å²) in [5.74, 6) is 0.914. The third-order valence-corrected chi connectivity index (χ3v) is 3.23. The molecule has 18 heavy (non-hydrogen) atoms. The Balaban J connectivity index is 2.66. The van der Waals surface area contributed by atoms with Gasteiger partial charge in [-0.3, -0.25) is 4.79 Å². The largest absolute Gasteiger partial charge is 0.497 e. The fourth-order valence-corrected chi connectivity index (χ4v) is 2.09. The van der Waals surface area contributed by atoms with Gasteiger partial charge in [-0.25, -0.2) is 0 Å². The highest BCUT2D eigenvalue weighted by atomic mass is 79.9. The normalized spacial score (nSPS) is 12.0. The van der Waals surface area contributed by atoms with Crippen LogP contribution in [0.2, 0.25) is 0 Å². The van der Waals surface area contributed by atoms with Gasteiger partial charge in [0, 0.05) is 22.6 Å². The molecular weight excluding hydrogens is 296 g/mol. The van der Waals surface area contributed by atoms with Crippen molar-refractivity contribution in [2.45, 2.75) is 19.8 Å². The van der Waals surface area contributed by atoms with Crippen molar-refractivity contribution in [3.63, 3.8) is 0 Å². The Hall–Kier alpha value is -1.07. The molecule has 1 aromatic rings. The van der Waals surface area contributed by atoms with E-state index >= 15 is 0 Å². The van der Waals surface area contributed by atoms with Crippen molar-refractivity contribution in [2.75, 3.05) is 19.0 Å².